The van der Waals surface area contributed by atoms with Gasteiger partial charge in [0.15, 0.2) is 11.5 Å². The van der Waals surface area contributed by atoms with Gasteiger partial charge in [-0.1, -0.05) is 11.3 Å². The van der Waals surface area contributed by atoms with Crippen molar-refractivity contribution in [2.45, 2.75) is 0 Å². The van der Waals surface area contributed by atoms with E-state index in [-0.39, 0.29) is 0 Å². The summed E-state index contributed by atoms with van der Waals surface area (Å²) in [4.78, 5) is 9.51. The van der Waals surface area contributed by atoms with E-state index in [1.807, 2.05) is 30.5 Å². The first-order valence-corrected chi connectivity index (χ1v) is 8.87. The molecule has 0 bridgehead atoms. The molecule has 0 atom stereocenters. The van der Waals surface area contributed by atoms with Crippen molar-refractivity contribution >= 4 is 27.1 Å². The Labute approximate surface area is 159 Å². The average molecular weight is 383 g/mol. The van der Waals surface area contributed by atoms with E-state index < -0.39 is 0 Å². The number of hydrogen-bond acceptors (Lipinski definition) is 8. The second-order valence-electron chi connectivity index (χ2n) is 5.54. The molecular weight excluding hydrogens is 366 g/mol. The average Bonchev–Trinajstić information content (AvgIpc) is 3.26. The maximum atomic E-state index is 5.38. The molecule has 1 N–H and O–H groups in total. The second kappa shape index (κ2) is 7.12. The summed E-state index contributed by atoms with van der Waals surface area (Å²) in [5.74, 6) is 1.68. The Morgan fingerprint density at radius 1 is 1.07 bits per heavy atom. The van der Waals surface area contributed by atoms with Crippen molar-refractivity contribution in [1.82, 2.24) is 19.6 Å². The molecule has 3 aromatic heterocycles. The van der Waals surface area contributed by atoms with Crippen LogP contribution in [0.5, 0.6) is 17.2 Å². The summed E-state index contributed by atoms with van der Waals surface area (Å²) < 4.78 is 17.8. The monoisotopic (exact) mass is 383 g/mol. The molecule has 0 aliphatic carbocycles. The summed E-state index contributed by atoms with van der Waals surface area (Å²) in [6, 6.07) is 7.50. The van der Waals surface area contributed by atoms with Gasteiger partial charge in [0.2, 0.25) is 15.8 Å². The first kappa shape index (κ1) is 17.1. The SMILES string of the molecule is COc1cc(Nc2nn3cc(-c4cccnc4)nc3s2)cc(OC)c1OC. The van der Waals surface area contributed by atoms with Crippen molar-refractivity contribution in [3.05, 3.63) is 42.9 Å². The van der Waals surface area contributed by atoms with Crippen molar-refractivity contribution in [1.29, 1.82) is 0 Å². The molecule has 9 heteroatoms. The number of fused-ring (bicyclic) bond motifs is 1. The van der Waals surface area contributed by atoms with Gasteiger partial charge in [0.05, 0.1) is 33.2 Å². The molecule has 0 saturated heterocycles. The van der Waals surface area contributed by atoms with Gasteiger partial charge in [0.25, 0.3) is 0 Å². The number of aromatic nitrogens is 4. The van der Waals surface area contributed by atoms with Crippen molar-refractivity contribution in [3.63, 3.8) is 0 Å². The number of hydrogen-bond donors (Lipinski definition) is 1. The number of imidazole rings is 1. The summed E-state index contributed by atoms with van der Waals surface area (Å²) in [5, 5.41) is 8.49. The highest BCUT2D eigenvalue weighted by Crippen LogP contribution is 2.41. The third-order valence-electron chi connectivity index (χ3n) is 3.92. The minimum absolute atomic E-state index is 0.542. The Kier molecular flexibility index (Phi) is 4.51. The van der Waals surface area contributed by atoms with Crippen LogP contribution in [-0.2, 0) is 0 Å². The molecule has 0 amide bonds. The van der Waals surface area contributed by atoms with Crippen LogP contribution in [0.3, 0.4) is 0 Å². The highest BCUT2D eigenvalue weighted by molar-refractivity contribution is 7.20. The van der Waals surface area contributed by atoms with Crippen LogP contribution in [0.1, 0.15) is 0 Å². The van der Waals surface area contributed by atoms with Gasteiger partial charge in [0.1, 0.15) is 0 Å². The zero-order chi connectivity index (χ0) is 18.8. The number of anilines is 2. The highest BCUT2D eigenvalue weighted by Gasteiger charge is 2.15. The first-order chi connectivity index (χ1) is 13.2. The van der Waals surface area contributed by atoms with E-state index in [0.29, 0.717) is 22.4 Å². The fourth-order valence-corrected chi connectivity index (χ4v) is 3.48. The minimum atomic E-state index is 0.542. The van der Waals surface area contributed by atoms with E-state index in [4.69, 9.17) is 14.2 Å². The van der Waals surface area contributed by atoms with Crippen molar-refractivity contribution < 1.29 is 14.2 Å². The van der Waals surface area contributed by atoms with Crippen molar-refractivity contribution in [2.24, 2.45) is 0 Å². The standard InChI is InChI=1S/C18H17N5O3S/c1-24-14-7-12(8-15(25-2)16(14)26-3)20-17-22-23-10-13(21-18(23)27-17)11-5-4-6-19-9-11/h4-10H,1-3H3,(H,20,22). The fraction of sp³-hybridized carbons (Fsp3) is 0.167. The summed E-state index contributed by atoms with van der Waals surface area (Å²) in [6.45, 7) is 0. The summed E-state index contributed by atoms with van der Waals surface area (Å²) in [6.07, 6.45) is 5.39. The van der Waals surface area contributed by atoms with E-state index in [1.54, 1.807) is 38.2 Å². The van der Waals surface area contributed by atoms with Crippen LogP contribution in [0, 0.1) is 0 Å². The second-order valence-corrected chi connectivity index (χ2v) is 6.50. The minimum Gasteiger partial charge on any atom is -0.493 e. The molecule has 27 heavy (non-hydrogen) atoms. The van der Waals surface area contributed by atoms with Crippen LogP contribution in [0.2, 0.25) is 0 Å². The Morgan fingerprint density at radius 2 is 1.85 bits per heavy atom. The van der Waals surface area contributed by atoms with E-state index in [0.717, 1.165) is 21.9 Å². The number of rotatable bonds is 6. The lowest BCUT2D eigenvalue weighted by Crippen LogP contribution is -1.98. The molecule has 1 aromatic carbocycles. The van der Waals surface area contributed by atoms with Gasteiger partial charge in [-0.25, -0.2) is 9.50 Å². The van der Waals surface area contributed by atoms with Gasteiger partial charge in [-0.3, -0.25) is 4.98 Å². The molecule has 0 spiro atoms. The normalized spacial score (nSPS) is 10.8. The molecule has 0 radical (unpaired) electrons. The topological polar surface area (TPSA) is 82.8 Å². The van der Waals surface area contributed by atoms with Gasteiger partial charge < -0.3 is 19.5 Å². The van der Waals surface area contributed by atoms with Crippen LogP contribution in [0.25, 0.3) is 16.2 Å². The van der Waals surface area contributed by atoms with Crippen LogP contribution in [0.4, 0.5) is 10.8 Å². The van der Waals surface area contributed by atoms with E-state index in [9.17, 15) is 0 Å². The summed E-state index contributed by atoms with van der Waals surface area (Å²) in [5.41, 5.74) is 2.56. The Morgan fingerprint density at radius 3 is 2.44 bits per heavy atom. The summed E-state index contributed by atoms with van der Waals surface area (Å²) in [7, 11) is 4.74. The number of ether oxygens (including phenoxy) is 3. The Balaban J connectivity index is 1.63. The maximum absolute atomic E-state index is 5.38. The van der Waals surface area contributed by atoms with Crippen LogP contribution >= 0.6 is 11.3 Å². The zero-order valence-electron chi connectivity index (χ0n) is 15.0. The number of nitrogens with zero attached hydrogens (tertiary/aromatic N) is 4. The van der Waals surface area contributed by atoms with E-state index in [1.165, 1.54) is 11.3 Å². The number of benzene rings is 1. The zero-order valence-corrected chi connectivity index (χ0v) is 15.8. The molecule has 0 saturated carbocycles. The predicted molar refractivity (Wildman–Crippen MR) is 103 cm³/mol. The molecule has 138 valence electrons. The van der Waals surface area contributed by atoms with Crippen LogP contribution in [-0.4, -0.2) is 40.9 Å². The van der Waals surface area contributed by atoms with Gasteiger partial charge in [-0.2, -0.15) is 0 Å². The number of nitrogens with one attached hydrogen (secondary N) is 1. The van der Waals surface area contributed by atoms with Gasteiger partial charge >= 0.3 is 0 Å². The molecule has 8 nitrogen and oxygen atoms in total. The lowest BCUT2D eigenvalue weighted by Gasteiger charge is -2.14. The van der Waals surface area contributed by atoms with Gasteiger partial charge in [-0.05, 0) is 12.1 Å². The molecule has 0 fully saturated rings. The molecule has 3 heterocycles. The molecule has 4 aromatic rings. The molecule has 0 unspecified atom stereocenters. The largest absolute Gasteiger partial charge is 0.493 e. The van der Waals surface area contributed by atoms with E-state index >= 15 is 0 Å². The first-order valence-electron chi connectivity index (χ1n) is 8.05. The smallest absolute Gasteiger partial charge is 0.214 e. The van der Waals surface area contributed by atoms with Gasteiger partial charge in [0, 0.05) is 35.8 Å². The number of methoxy groups -OCH3 is 3. The van der Waals surface area contributed by atoms with Crippen molar-refractivity contribution in [3.8, 4) is 28.5 Å². The Bertz CT molecular complexity index is 1020. The third kappa shape index (κ3) is 3.24. The van der Waals surface area contributed by atoms with E-state index in [2.05, 4.69) is 20.4 Å². The molecule has 4 rings (SSSR count). The highest BCUT2D eigenvalue weighted by atomic mass is 32.1. The fourth-order valence-electron chi connectivity index (χ4n) is 2.68. The lowest BCUT2D eigenvalue weighted by atomic mass is 10.2. The predicted octanol–water partition coefficient (Wildman–Crippen LogP) is 3.62. The Hall–Kier alpha value is -3.33. The third-order valence-corrected chi connectivity index (χ3v) is 4.75. The van der Waals surface area contributed by atoms with Crippen molar-refractivity contribution in [2.75, 3.05) is 26.6 Å². The number of pyridine rings is 1. The van der Waals surface area contributed by atoms with Crippen LogP contribution < -0.4 is 19.5 Å². The maximum Gasteiger partial charge on any atom is 0.214 e. The molecule has 0 aliphatic heterocycles. The van der Waals surface area contributed by atoms with Gasteiger partial charge in [-0.15, -0.1) is 5.10 Å². The van der Waals surface area contributed by atoms with Crippen LogP contribution in [0.15, 0.2) is 42.9 Å². The molecule has 0 aliphatic rings. The quantitative estimate of drug-likeness (QED) is 0.544. The lowest BCUT2D eigenvalue weighted by molar-refractivity contribution is 0.324. The molecular formula is C18H17N5O3S. The summed E-state index contributed by atoms with van der Waals surface area (Å²) >= 11 is 1.44.